The number of nitrogens with zero attached hydrogens (tertiary/aromatic N) is 1. The van der Waals surface area contributed by atoms with E-state index >= 15 is 0 Å². The first-order chi connectivity index (χ1) is 10.8. The van der Waals surface area contributed by atoms with Gasteiger partial charge in [-0.3, -0.25) is 9.59 Å². The van der Waals surface area contributed by atoms with Gasteiger partial charge in [0.1, 0.15) is 5.60 Å². The number of carbonyl (C=O) groups excluding carboxylic acids is 2. The van der Waals surface area contributed by atoms with Gasteiger partial charge in [-0.05, 0) is 39.3 Å². The smallest absolute Gasteiger partial charge is 0.306 e. The Kier molecular flexibility index (Phi) is 5.64. The molecule has 1 aliphatic heterocycles. The summed E-state index contributed by atoms with van der Waals surface area (Å²) in [6.45, 7) is 6.90. The third-order valence-electron chi connectivity index (χ3n) is 3.65. The Hall–Kier alpha value is -2.04. The molecule has 0 unspecified atom stereocenters. The van der Waals surface area contributed by atoms with Crippen LogP contribution in [0.4, 0.5) is 5.69 Å². The van der Waals surface area contributed by atoms with Crippen LogP contribution in [0.3, 0.4) is 0 Å². The summed E-state index contributed by atoms with van der Waals surface area (Å²) in [7, 11) is 0. The minimum Gasteiger partial charge on any atom is -0.460 e. The van der Waals surface area contributed by atoms with Crippen molar-refractivity contribution in [3.05, 3.63) is 30.3 Å². The van der Waals surface area contributed by atoms with Crippen molar-refractivity contribution in [1.29, 1.82) is 0 Å². The van der Waals surface area contributed by atoms with Gasteiger partial charge in [-0.2, -0.15) is 0 Å². The predicted molar refractivity (Wildman–Crippen MR) is 90.1 cm³/mol. The number of likely N-dealkylation sites (tertiary alicyclic amines) is 1. The van der Waals surface area contributed by atoms with Crippen molar-refractivity contribution in [2.24, 2.45) is 0 Å². The summed E-state index contributed by atoms with van der Waals surface area (Å²) in [5, 5.41) is 3.44. The normalized spacial score (nSPS) is 17.9. The van der Waals surface area contributed by atoms with Crippen LogP contribution in [0.1, 0.15) is 40.0 Å². The van der Waals surface area contributed by atoms with Crippen molar-refractivity contribution in [2.45, 2.75) is 51.7 Å². The number of hydrogen-bond donors (Lipinski definition) is 1. The topological polar surface area (TPSA) is 58.6 Å². The summed E-state index contributed by atoms with van der Waals surface area (Å²) in [4.78, 5) is 25.7. The standard InChI is InChI=1S/C18H26N2O3/c1-18(2,3)23-17(22)10-9-16(21)20-12-11-15(13-20)19-14-7-5-4-6-8-14/h4-8,15,19H,9-13H2,1-3H3/t15-/m0/s1. The van der Waals surface area contributed by atoms with E-state index in [1.54, 1.807) is 0 Å². The number of benzene rings is 1. The van der Waals surface area contributed by atoms with Gasteiger partial charge in [0.05, 0.1) is 6.42 Å². The van der Waals surface area contributed by atoms with E-state index in [2.05, 4.69) is 5.32 Å². The maximum atomic E-state index is 12.2. The van der Waals surface area contributed by atoms with Crippen molar-refractivity contribution < 1.29 is 14.3 Å². The second-order valence-corrected chi connectivity index (χ2v) is 6.92. The third-order valence-corrected chi connectivity index (χ3v) is 3.65. The molecule has 5 heteroatoms. The van der Waals surface area contributed by atoms with Crippen LogP contribution in [0.5, 0.6) is 0 Å². The quantitative estimate of drug-likeness (QED) is 0.848. The lowest BCUT2D eigenvalue weighted by atomic mass is 10.2. The highest BCUT2D eigenvalue weighted by Crippen LogP contribution is 2.17. The maximum Gasteiger partial charge on any atom is 0.306 e. The third kappa shape index (κ3) is 5.93. The summed E-state index contributed by atoms with van der Waals surface area (Å²) in [5.74, 6) is -0.294. The molecular weight excluding hydrogens is 292 g/mol. The van der Waals surface area contributed by atoms with E-state index in [4.69, 9.17) is 4.74 Å². The van der Waals surface area contributed by atoms with Gasteiger partial charge in [0.25, 0.3) is 0 Å². The van der Waals surface area contributed by atoms with Crippen LogP contribution in [0.2, 0.25) is 0 Å². The van der Waals surface area contributed by atoms with E-state index in [1.807, 2.05) is 56.0 Å². The molecule has 0 bridgehead atoms. The Morgan fingerprint density at radius 1 is 1.22 bits per heavy atom. The summed E-state index contributed by atoms with van der Waals surface area (Å²) in [5.41, 5.74) is 0.568. The molecule has 1 atom stereocenters. The minimum atomic E-state index is -0.502. The molecular formula is C18H26N2O3. The molecule has 1 heterocycles. The molecule has 0 spiro atoms. The van der Waals surface area contributed by atoms with Crippen molar-refractivity contribution in [3.63, 3.8) is 0 Å². The zero-order chi connectivity index (χ0) is 16.9. The van der Waals surface area contributed by atoms with Crippen molar-refractivity contribution in [1.82, 2.24) is 4.90 Å². The van der Waals surface area contributed by atoms with Crippen LogP contribution >= 0.6 is 0 Å². The maximum absolute atomic E-state index is 12.2. The fraction of sp³-hybridized carbons (Fsp3) is 0.556. The van der Waals surface area contributed by atoms with Crippen molar-refractivity contribution in [3.8, 4) is 0 Å². The molecule has 23 heavy (non-hydrogen) atoms. The molecule has 1 amide bonds. The zero-order valence-corrected chi connectivity index (χ0v) is 14.2. The highest BCUT2D eigenvalue weighted by molar-refractivity contribution is 5.81. The van der Waals surface area contributed by atoms with Gasteiger partial charge in [-0.25, -0.2) is 0 Å². The van der Waals surface area contributed by atoms with Gasteiger partial charge in [0.2, 0.25) is 5.91 Å². The van der Waals surface area contributed by atoms with E-state index in [0.717, 1.165) is 18.7 Å². The average molecular weight is 318 g/mol. The number of para-hydroxylation sites is 1. The molecule has 0 saturated carbocycles. The van der Waals surface area contributed by atoms with Crippen LogP contribution in [0.25, 0.3) is 0 Å². The van der Waals surface area contributed by atoms with Gasteiger partial charge in [-0.1, -0.05) is 18.2 Å². The van der Waals surface area contributed by atoms with Gasteiger partial charge < -0.3 is 15.0 Å². The molecule has 2 rings (SSSR count). The number of hydrogen-bond acceptors (Lipinski definition) is 4. The fourth-order valence-corrected chi connectivity index (χ4v) is 2.63. The number of nitrogens with one attached hydrogen (secondary N) is 1. The lowest BCUT2D eigenvalue weighted by molar-refractivity contribution is -0.156. The van der Waals surface area contributed by atoms with Crippen LogP contribution in [0, 0.1) is 0 Å². The number of ether oxygens (including phenoxy) is 1. The van der Waals surface area contributed by atoms with E-state index in [9.17, 15) is 9.59 Å². The van der Waals surface area contributed by atoms with Crippen molar-refractivity contribution in [2.75, 3.05) is 18.4 Å². The van der Waals surface area contributed by atoms with E-state index in [0.29, 0.717) is 6.54 Å². The molecule has 0 radical (unpaired) electrons. The molecule has 0 aromatic heterocycles. The number of esters is 1. The Balaban J connectivity index is 1.73. The Morgan fingerprint density at radius 2 is 1.91 bits per heavy atom. The molecule has 0 aliphatic carbocycles. The Morgan fingerprint density at radius 3 is 2.57 bits per heavy atom. The molecule has 1 saturated heterocycles. The lowest BCUT2D eigenvalue weighted by Crippen LogP contribution is -2.32. The molecule has 1 N–H and O–H groups in total. The van der Waals surface area contributed by atoms with Gasteiger partial charge in [0.15, 0.2) is 0 Å². The lowest BCUT2D eigenvalue weighted by Gasteiger charge is -2.20. The van der Waals surface area contributed by atoms with Crippen molar-refractivity contribution >= 4 is 17.6 Å². The van der Waals surface area contributed by atoms with Gasteiger partial charge in [0, 0.05) is 31.2 Å². The van der Waals surface area contributed by atoms with E-state index in [1.165, 1.54) is 0 Å². The summed E-state index contributed by atoms with van der Waals surface area (Å²) >= 11 is 0. The Labute approximate surface area is 138 Å². The SMILES string of the molecule is CC(C)(C)OC(=O)CCC(=O)N1CC[C@H](Nc2ccccc2)C1. The second-order valence-electron chi connectivity index (χ2n) is 6.92. The van der Waals surface area contributed by atoms with E-state index < -0.39 is 5.60 Å². The largest absolute Gasteiger partial charge is 0.460 e. The highest BCUT2D eigenvalue weighted by atomic mass is 16.6. The van der Waals surface area contributed by atoms with Crippen LogP contribution in [-0.2, 0) is 14.3 Å². The first-order valence-corrected chi connectivity index (χ1v) is 8.15. The monoisotopic (exact) mass is 318 g/mol. The first-order valence-electron chi connectivity index (χ1n) is 8.15. The zero-order valence-electron chi connectivity index (χ0n) is 14.2. The van der Waals surface area contributed by atoms with Crippen LogP contribution in [0.15, 0.2) is 30.3 Å². The molecule has 1 aliphatic rings. The van der Waals surface area contributed by atoms with E-state index in [-0.39, 0.29) is 30.8 Å². The molecule has 126 valence electrons. The summed E-state index contributed by atoms with van der Waals surface area (Å²) in [6.07, 6.45) is 1.28. The second kappa shape index (κ2) is 7.49. The summed E-state index contributed by atoms with van der Waals surface area (Å²) < 4.78 is 5.23. The average Bonchev–Trinajstić information content (AvgIpc) is 2.92. The van der Waals surface area contributed by atoms with Gasteiger partial charge >= 0.3 is 5.97 Å². The predicted octanol–water partition coefficient (Wildman–Crippen LogP) is 2.82. The highest BCUT2D eigenvalue weighted by Gasteiger charge is 2.26. The Bertz CT molecular complexity index is 537. The molecule has 1 fully saturated rings. The molecule has 1 aromatic rings. The summed E-state index contributed by atoms with van der Waals surface area (Å²) in [6, 6.07) is 10.3. The number of amides is 1. The number of rotatable bonds is 5. The number of anilines is 1. The minimum absolute atomic E-state index is 0.0215. The van der Waals surface area contributed by atoms with Crippen LogP contribution in [-0.4, -0.2) is 41.5 Å². The molecule has 1 aromatic carbocycles. The first kappa shape index (κ1) is 17.3. The van der Waals surface area contributed by atoms with Gasteiger partial charge in [-0.15, -0.1) is 0 Å². The fourth-order valence-electron chi connectivity index (χ4n) is 2.63. The molecule has 5 nitrogen and oxygen atoms in total. The number of carbonyl (C=O) groups is 2. The van der Waals surface area contributed by atoms with Crippen LogP contribution < -0.4 is 5.32 Å².